The average Bonchev–Trinajstić information content (AvgIpc) is 2.30. The molecule has 1 rings (SSSR count). The lowest BCUT2D eigenvalue weighted by molar-refractivity contribution is -0.135. The lowest BCUT2D eigenvalue weighted by atomic mass is 9.92. The molecule has 144 valence electrons. The molecule has 0 aromatic rings. The molecule has 0 unspecified atom stereocenters. The van der Waals surface area contributed by atoms with Crippen LogP contribution in [0.5, 0.6) is 0 Å². The molecule has 0 aromatic carbocycles. The average molecular weight is 354 g/mol. The van der Waals surface area contributed by atoms with Crippen molar-refractivity contribution in [1.82, 2.24) is 0 Å². The van der Waals surface area contributed by atoms with E-state index in [1.807, 2.05) is 0 Å². The van der Waals surface area contributed by atoms with Crippen LogP contribution in [0, 0.1) is 0 Å². The summed E-state index contributed by atoms with van der Waals surface area (Å²) in [5.41, 5.74) is 11.3. The van der Waals surface area contributed by atoms with Crippen LogP contribution in [0.1, 0.15) is 53.4 Å². The van der Waals surface area contributed by atoms with Gasteiger partial charge < -0.3 is 31.9 Å². The van der Waals surface area contributed by atoms with Crippen molar-refractivity contribution in [3.63, 3.8) is 0 Å². The smallest absolute Gasteiger partial charge is 0.300 e. The second-order valence-electron chi connectivity index (χ2n) is 4.69. The van der Waals surface area contributed by atoms with Crippen LogP contribution >= 0.6 is 0 Å². The first-order chi connectivity index (χ1) is 10.7. The van der Waals surface area contributed by atoms with Crippen LogP contribution in [0.4, 0.5) is 0 Å². The Morgan fingerprint density at radius 1 is 0.625 bits per heavy atom. The van der Waals surface area contributed by atoms with Crippen molar-refractivity contribution in [2.45, 2.75) is 65.5 Å². The van der Waals surface area contributed by atoms with Crippen LogP contribution < -0.4 is 11.5 Å². The van der Waals surface area contributed by atoms with Crippen molar-refractivity contribution in [3.8, 4) is 0 Å². The molecule has 0 spiro atoms. The van der Waals surface area contributed by atoms with Crippen molar-refractivity contribution < 1.29 is 39.6 Å². The van der Waals surface area contributed by atoms with E-state index < -0.39 is 23.9 Å². The highest BCUT2D eigenvalue weighted by molar-refractivity contribution is 5.63. The SMILES string of the molecule is CC(=O)O.CC(=O)O.CC(=O)O.CC(=O)O.N[C@H]1CCCC[C@@H]1N. The van der Waals surface area contributed by atoms with Gasteiger partial charge in [0, 0.05) is 39.8 Å². The van der Waals surface area contributed by atoms with E-state index in [0.29, 0.717) is 0 Å². The standard InChI is InChI=1S/C6H14N2.4C2H4O2/c7-5-3-1-2-4-6(5)8;4*1-2(3)4/h5-6H,1-4,7-8H2;4*1H3,(H,3,4)/t5-,6-;;;;/m0..../s1. The predicted molar refractivity (Wildman–Crippen MR) is 87.7 cm³/mol. The molecule has 2 atom stereocenters. The first kappa shape index (κ1) is 29.8. The van der Waals surface area contributed by atoms with Gasteiger partial charge in [-0.3, -0.25) is 19.2 Å². The minimum Gasteiger partial charge on any atom is -0.481 e. The largest absolute Gasteiger partial charge is 0.481 e. The molecule has 1 aliphatic carbocycles. The Morgan fingerprint density at radius 3 is 0.833 bits per heavy atom. The monoisotopic (exact) mass is 354 g/mol. The number of aliphatic carboxylic acids is 4. The van der Waals surface area contributed by atoms with E-state index in [0.717, 1.165) is 40.5 Å². The fraction of sp³-hybridized carbons (Fsp3) is 0.714. The molecule has 1 aliphatic rings. The number of carboxylic acids is 4. The van der Waals surface area contributed by atoms with Gasteiger partial charge in [0.2, 0.25) is 0 Å². The molecule has 10 nitrogen and oxygen atoms in total. The Morgan fingerprint density at radius 2 is 0.750 bits per heavy atom. The van der Waals surface area contributed by atoms with Gasteiger partial charge in [0.05, 0.1) is 0 Å². The summed E-state index contributed by atoms with van der Waals surface area (Å²) in [6.07, 6.45) is 4.80. The number of carbonyl (C=O) groups is 4. The van der Waals surface area contributed by atoms with Gasteiger partial charge in [-0.2, -0.15) is 0 Å². The van der Waals surface area contributed by atoms with Crippen molar-refractivity contribution in [2.24, 2.45) is 11.5 Å². The van der Waals surface area contributed by atoms with Gasteiger partial charge >= 0.3 is 0 Å². The highest BCUT2D eigenvalue weighted by atomic mass is 16.4. The number of carboxylic acid groups (broad SMARTS) is 4. The van der Waals surface area contributed by atoms with Gasteiger partial charge in [0.25, 0.3) is 23.9 Å². The Hall–Kier alpha value is -2.20. The Bertz CT molecular complexity index is 287. The van der Waals surface area contributed by atoms with E-state index in [1.54, 1.807) is 0 Å². The summed E-state index contributed by atoms with van der Waals surface area (Å²) in [6.45, 7) is 4.33. The Balaban J connectivity index is -0.000000110. The van der Waals surface area contributed by atoms with Crippen molar-refractivity contribution in [1.29, 1.82) is 0 Å². The summed E-state index contributed by atoms with van der Waals surface area (Å²) in [5.74, 6) is -3.33. The maximum Gasteiger partial charge on any atom is 0.300 e. The summed E-state index contributed by atoms with van der Waals surface area (Å²) in [5, 5.41) is 29.7. The fourth-order valence-electron chi connectivity index (χ4n) is 1.19. The topological polar surface area (TPSA) is 201 Å². The normalized spacial score (nSPS) is 17.4. The van der Waals surface area contributed by atoms with E-state index in [-0.39, 0.29) is 12.1 Å². The number of nitrogens with two attached hydrogens (primary N) is 2. The molecular weight excluding hydrogens is 324 g/mol. The van der Waals surface area contributed by atoms with Crippen LogP contribution in [0.15, 0.2) is 0 Å². The van der Waals surface area contributed by atoms with Gasteiger partial charge in [-0.15, -0.1) is 0 Å². The van der Waals surface area contributed by atoms with Crippen molar-refractivity contribution in [2.75, 3.05) is 0 Å². The molecule has 0 saturated heterocycles. The molecule has 1 saturated carbocycles. The minimum absolute atomic E-state index is 0.281. The van der Waals surface area contributed by atoms with Crippen LogP contribution in [-0.2, 0) is 19.2 Å². The molecule has 0 heterocycles. The van der Waals surface area contributed by atoms with Crippen LogP contribution in [0.2, 0.25) is 0 Å². The Labute approximate surface area is 141 Å². The van der Waals surface area contributed by atoms with E-state index in [1.165, 1.54) is 12.8 Å². The highest BCUT2D eigenvalue weighted by Crippen LogP contribution is 2.14. The fourth-order valence-corrected chi connectivity index (χ4v) is 1.19. The van der Waals surface area contributed by atoms with Crippen molar-refractivity contribution in [3.05, 3.63) is 0 Å². The van der Waals surface area contributed by atoms with Gasteiger partial charge in [0.15, 0.2) is 0 Å². The number of rotatable bonds is 0. The highest BCUT2D eigenvalue weighted by Gasteiger charge is 2.16. The number of hydrogen-bond acceptors (Lipinski definition) is 6. The third-order valence-electron chi connectivity index (χ3n) is 1.87. The molecule has 24 heavy (non-hydrogen) atoms. The maximum atomic E-state index is 9.00. The summed E-state index contributed by atoms with van der Waals surface area (Å²) in [6, 6.07) is 0.562. The van der Waals surface area contributed by atoms with Gasteiger partial charge in [-0.25, -0.2) is 0 Å². The molecule has 0 aromatic heterocycles. The first-order valence-corrected chi connectivity index (χ1v) is 7.03. The molecule has 8 N–H and O–H groups in total. The Kier molecular flexibility index (Phi) is 25.8. The zero-order valence-corrected chi connectivity index (χ0v) is 14.6. The quantitative estimate of drug-likeness (QED) is 0.357. The molecule has 10 heteroatoms. The second kappa shape index (κ2) is 20.8. The number of hydrogen-bond donors (Lipinski definition) is 6. The summed E-state index contributed by atoms with van der Waals surface area (Å²) in [7, 11) is 0. The molecule has 0 amide bonds. The van der Waals surface area contributed by atoms with E-state index in [9.17, 15) is 0 Å². The van der Waals surface area contributed by atoms with Gasteiger partial charge in [-0.1, -0.05) is 12.8 Å². The van der Waals surface area contributed by atoms with Gasteiger partial charge in [-0.05, 0) is 12.8 Å². The van der Waals surface area contributed by atoms with Gasteiger partial charge in [0.1, 0.15) is 0 Å². The summed E-state index contributed by atoms with van der Waals surface area (Å²) in [4.78, 5) is 36.0. The lowest BCUT2D eigenvalue weighted by Gasteiger charge is -2.24. The zero-order valence-electron chi connectivity index (χ0n) is 14.6. The molecule has 0 bridgehead atoms. The van der Waals surface area contributed by atoms with Crippen molar-refractivity contribution >= 4 is 23.9 Å². The lowest BCUT2D eigenvalue weighted by Crippen LogP contribution is -2.43. The summed E-state index contributed by atoms with van der Waals surface area (Å²) >= 11 is 0. The van der Waals surface area contributed by atoms with Crippen LogP contribution in [-0.4, -0.2) is 56.4 Å². The van der Waals surface area contributed by atoms with E-state index >= 15 is 0 Å². The third-order valence-corrected chi connectivity index (χ3v) is 1.87. The minimum atomic E-state index is -0.833. The molecule has 1 fully saturated rings. The summed E-state index contributed by atoms with van der Waals surface area (Å²) < 4.78 is 0. The first-order valence-electron chi connectivity index (χ1n) is 7.03. The second-order valence-corrected chi connectivity index (χ2v) is 4.69. The molecule has 0 aliphatic heterocycles. The van der Waals surface area contributed by atoms with E-state index in [2.05, 4.69) is 0 Å². The van der Waals surface area contributed by atoms with Crippen LogP contribution in [0.3, 0.4) is 0 Å². The molecular formula is C14H30N2O8. The third kappa shape index (κ3) is 90.4. The van der Waals surface area contributed by atoms with Crippen LogP contribution in [0.25, 0.3) is 0 Å². The maximum absolute atomic E-state index is 9.00. The van der Waals surface area contributed by atoms with E-state index in [4.69, 9.17) is 51.1 Å². The predicted octanol–water partition coefficient (Wildman–Crippen LogP) is 0.579. The molecule has 0 radical (unpaired) electrons. The zero-order chi connectivity index (χ0) is 20.3.